The van der Waals surface area contributed by atoms with E-state index in [9.17, 15) is 0 Å². The molecule has 0 spiro atoms. The third-order valence-corrected chi connectivity index (χ3v) is 4.66. The van der Waals surface area contributed by atoms with Crippen LogP contribution in [0, 0.1) is 5.41 Å². The van der Waals surface area contributed by atoms with E-state index < -0.39 is 0 Å². The molecule has 1 aliphatic heterocycles. The van der Waals surface area contributed by atoms with Gasteiger partial charge in [0.05, 0.1) is 7.11 Å². The van der Waals surface area contributed by atoms with E-state index in [1.54, 1.807) is 7.11 Å². The number of nitrogens with zero attached hydrogens (tertiary/aromatic N) is 1. The van der Waals surface area contributed by atoms with Crippen molar-refractivity contribution in [3.05, 3.63) is 23.8 Å². The number of methoxy groups -OCH3 is 1. The van der Waals surface area contributed by atoms with Crippen molar-refractivity contribution in [1.82, 2.24) is 4.90 Å². The second-order valence-electron chi connectivity index (χ2n) is 6.01. The molecular formula is C16H26N2O. The second-order valence-corrected chi connectivity index (χ2v) is 6.01. The fourth-order valence-corrected chi connectivity index (χ4v) is 2.69. The molecule has 3 nitrogen and oxygen atoms in total. The van der Waals surface area contributed by atoms with Crippen LogP contribution in [-0.2, 0) is 6.54 Å². The van der Waals surface area contributed by atoms with Crippen molar-refractivity contribution < 1.29 is 4.74 Å². The smallest absolute Gasteiger partial charge is 0.119 e. The lowest BCUT2D eigenvalue weighted by Gasteiger charge is -2.39. The SMILES string of the molecule is CCC1(C)CCN(Cc2cc(OC)ccc2N)CC1. The second kappa shape index (κ2) is 5.83. The van der Waals surface area contributed by atoms with Crippen molar-refractivity contribution in [3.8, 4) is 5.75 Å². The van der Waals surface area contributed by atoms with E-state index in [1.807, 2.05) is 12.1 Å². The van der Waals surface area contributed by atoms with Gasteiger partial charge in [0.25, 0.3) is 0 Å². The third-order valence-electron chi connectivity index (χ3n) is 4.66. The van der Waals surface area contributed by atoms with Gasteiger partial charge < -0.3 is 10.5 Å². The zero-order valence-corrected chi connectivity index (χ0v) is 12.4. The number of benzene rings is 1. The van der Waals surface area contributed by atoms with E-state index in [4.69, 9.17) is 10.5 Å². The summed E-state index contributed by atoms with van der Waals surface area (Å²) in [6.07, 6.45) is 3.85. The molecule has 0 aliphatic carbocycles. The number of likely N-dealkylation sites (tertiary alicyclic amines) is 1. The Balaban J connectivity index is 1.99. The molecule has 2 N–H and O–H groups in total. The molecule has 0 radical (unpaired) electrons. The Hall–Kier alpha value is -1.22. The topological polar surface area (TPSA) is 38.5 Å². The van der Waals surface area contributed by atoms with E-state index in [2.05, 4.69) is 24.8 Å². The zero-order valence-electron chi connectivity index (χ0n) is 12.4. The predicted octanol–water partition coefficient (Wildman–Crippen LogP) is 3.29. The Morgan fingerprint density at radius 1 is 1.32 bits per heavy atom. The Bertz CT molecular complexity index is 423. The number of nitrogen functional groups attached to an aromatic ring is 1. The molecular weight excluding hydrogens is 236 g/mol. The van der Waals surface area contributed by atoms with Crippen molar-refractivity contribution in [2.24, 2.45) is 5.41 Å². The van der Waals surface area contributed by atoms with Crippen LogP contribution in [0.25, 0.3) is 0 Å². The van der Waals surface area contributed by atoms with Gasteiger partial charge in [-0.15, -0.1) is 0 Å². The monoisotopic (exact) mass is 262 g/mol. The summed E-state index contributed by atoms with van der Waals surface area (Å²) in [5.74, 6) is 0.889. The van der Waals surface area contributed by atoms with Crippen molar-refractivity contribution in [2.75, 3.05) is 25.9 Å². The fourth-order valence-electron chi connectivity index (χ4n) is 2.69. The van der Waals surface area contributed by atoms with Crippen LogP contribution in [0.1, 0.15) is 38.7 Å². The molecule has 0 unspecified atom stereocenters. The van der Waals surface area contributed by atoms with Crippen LogP contribution in [0.15, 0.2) is 18.2 Å². The minimum atomic E-state index is 0.538. The maximum absolute atomic E-state index is 6.06. The minimum absolute atomic E-state index is 0.538. The lowest BCUT2D eigenvalue weighted by Crippen LogP contribution is -2.38. The molecule has 0 amide bonds. The summed E-state index contributed by atoms with van der Waals surface area (Å²) in [5.41, 5.74) is 8.64. The molecule has 1 aromatic rings. The lowest BCUT2D eigenvalue weighted by molar-refractivity contribution is 0.110. The standard InChI is InChI=1S/C16H26N2O/c1-4-16(2)7-9-18(10-8-16)12-13-11-14(19-3)5-6-15(13)17/h5-6,11H,4,7-10,12,17H2,1-3H3. The number of piperidine rings is 1. The largest absolute Gasteiger partial charge is 0.497 e. The normalized spacial score (nSPS) is 19.3. The van der Waals surface area contributed by atoms with Gasteiger partial charge in [-0.05, 0) is 55.1 Å². The minimum Gasteiger partial charge on any atom is -0.497 e. The molecule has 1 fully saturated rings. The predicted molar refractivity (Wildman–Crippen MR) is 80.3 cm³/mol. The van der Waals surface area contributed by atoms with Crippen molar-refractivity contribution in [1.29, 1.82) is 0 Å². The van der Waals surface area contributed by atoms with E-state index >= 15 is 0 Å². The summed E-state index contributed by atoms with van der Waals surface area (Å²) in [4.78, 5) is 2.50. The summed E-state index contributed by atoms with van der Waals surface area (Å²) in [7, 11) is 1.70. The number of hydrogen-bond donors (Lipinski definition) is 1. The van der Waals surface area contributed by atoms with Gasteiger partial charge in [-0.25, -0.2) is 0 Å². The summed E-state index contributed by atoms with van der Waals surface area (Å²) < 4.78 is 5.28. The molecule has 1 aliphatic rings. The Morgan fingerprint density at radius 3 is 2.58 bits per heavy atom. The first-order valence-corrected chi connectivity index (χ1v) is 7.21. The van der Waals surface area contributed by atoms with Gasteiger partial charge in [0.1, 0.15) is 5.75 Å². The number of rotatable bonds is 4. The van der Waals surface area contributed by atoms with E-state index in [-0.39, 0.29) is 0 Å². The van der Waals surface area contributed by atoms with Crippen LogP contribution < -0.4 is 10.5 Å². The van der Waals surface area contributed by atoms with Crippen LogP contribution in [0.5, 0.6) is 5.75 Å². The molecule has 0 bridgehead atoms. The Morgan fingerprint density at radius 2 is 2.00 bits per heavy atom. The zero-order chi connectivity index (χ0) is 13.9. The highest BCUT2D eigenvalue weighted by Crippen LogP contribution is 2.34. The maximum Gasteiger partial charge on any atom is 0.119 e. The summed E-state index contributed by atoms with van der Waals surface area (Å²) in [6.45, 7) is 7.98. The van der Waals surface area contributed by atoms with Gasteiger partial charge >= 0.3 is 0 Å². The molecule has 0 aromatic heterocycles. The summed E-state index contributed by atoms with van der Waals surface area (Å²) in [5, 5.41) is 0. The molecule has 1 aromatic carbocycles. The van der Waals surface area contributed by atoms with Crippen LogP contribution >= 0.6 is 0 Å². The van der Waals surface area contributed by atoms with Crippen molar-refractivity contribution >= 4 is 5.69 Å². The van der Waals surface area contributed by atoms with Gasteiger partial charge in [-0.2, -0.15) is 0 Å². The number of ether oxygens (including phenoxy) is 1. The van der Waals surface area contributed by atoms with Gasteiger partial charge in [-0.1, -0.05) is 20.3 Å². The molecule has 2 rings (SSSR count). The van der Waals surface area contributed by atoms with Crippen molar-refractivity contribution in [2.45, 2.75) is 39.7 Å². The average Bonchev–Trinajstić information content (AvgIpc) is 2.44. The van der Waals surface area contributed by atoms with Crippen LogP contribution in [0.2, 0.25) is 0 Å². The van der Waals surface area contributed by atoms with Crippen LogP contribution in [0.3, 0.4) is 0 Å². The fraction of sp³-hybridized carbons (Fsp3) is 0.625. The molecule has 19 heavy (non-hydrogen) atoms. The number of hydrogen-bond acceptors (Lipinski definition) is 3. The van der Waals surface area contributed by atoms with E-state index in [1.165, 1.54) is 37.9 Å². The maximum atomic E-state index is 6.06. The number of nitrogens with two attached hydrogens (primary N) is 1. The lowest BCUT2D eigenvalue weighted by atomic mass is 9.78. The Labute approximate surface area is 116 Å². The third kappa shape index (κ3) is 3.41. The van der Waals surface area contributed by atoms with Crippen molar-refractivity contribution in [3.63, 3.8) is 0 Å². The first-order chi connectivity index (χ1) is 9.06. The Kier molecular flexibility index (Phi) is 4.35. The average molecular weight is 262 g/mol. The summed E-state index contributed by atoms with van der Waals surface area (Å²) >= 11 is 0. The highest BCUT2D eigenvalue weighted by Gasteiger charge is 2.28. The highest BCUT2D eigenvalue weighted by molar-refractivity contribution is 5.50. The van der Waals surface area contributed by atoms with E-state index in [0.29, 0.717) is 5.41 Å². The van der Waals surface area contributed by atoms with Crippen LogP contribution in [-0.4, -0.2) is 25.1 Å². The quantitative estimate of drug-likeness (QED) is 0.846. The van der Waals surface area contributed by atoms with Gasteiger partial charge in [-0.3, -0.25) is 4.90 Å². The number of anilines is 1. The van der Waals surface area contributed by atoms with Gasteiger partial charge in [0, 0.05) is 12.2 Å². The van der Waals surface area contributed by atoms with Gasteiger partial charge in [0.2, 0.25) is 0 Å². The first kappa shape index (κ1) is 14.2. The molecule has 106 valence electrons. The molecule has 1 heterocycles. The molecule has 3 heteroatoms. The highest BCUT2D eigenvalue weighted by atomic mass is 16.5. The molecule has 0 saturated carbocycles. The summed E-state index contributed by atoms with van der Waals surface area (Å²) in [6, 6.07) is 5.92. The molecule has 0 atom stereocenters. The molecule has 1 saturated heterocycles. The van der Waals surface area contributed by atoms with Gasteiger partial charge in [0.15, 0.2) is 0 Å². The van der Waals surface area contributed by atoms with Crippen LogP contribution in [0.4, 0.5) is 5.69 Å². The van der Waals surface area contributed by atoms with E-state index in [0.717, 1.165) is 18.0 Å². The first-order valence-electron chi connectivity index (χ1n) is 7.21.